The molecular formula is C18H19Cl2N5O. The molecule has 0 saturated carbocycles. The molecule has 0 bridgehead atoms. The Kier molecular flexibility index (Phi) is 4.98. The molecule has 3 heterocycles. The third-order valence-electron chi connectivity index (χ3n) is 5.01. The van der Waals surface area contributed by atoms with E-state index in [1.165, 1.54) is 6.20 Å². The van der Waals surface area contributed by atoms with E-state index < -0.39 is 0 Å². The molecule has 26 heavy (non-hydrogen) atoms. The number of anilines is 1. The first-order chi connectivity index (χ1) is 12.6. The lowest BCUT2D eigenvalue weighted by Crippen LogP contribution is -2.28. The number of hydrogen-bond donors (Lipinski definition) is 2. The highest BCUT2D eigenvalue weighted by molar-refractivity contribution is 6.42. The molecule has 136 valence electrons. The Morgan fingerprint density at radius 1 is 1.19 bits per heavy atom. The van der Waals surface area contributed by atoms with E-state index in [1.54, 1.807) is 18.3 Å². The lowest BCUT2D eigenvalue weighted by Gasteiger charge is -2.18. The number of fused-ring (bicyclic) bond motifs is 1. The van der Waals surface area contributed by atoms with Gasteiger partial charge in [0.25, 0.3) is 5.91 Å². The Morgan fingerprint density at radius 2 is 1.96 bits per heavy atom. The quantitative estimate of drug-likeness (QED) is 0.836. The highest BCUT2D eigenvalue weighted by atomic mass is 35.5. The number of halogens is 2. The normalized spacial score (nSPS) is 21.7. The minimum absolute atomic E-state index is 0.258. The first kappa shape index (κ1) is 17.5. The van der Waals surface area contributed by atoms with Gasteiger partial charge in [-0.1, -0.05) is 29.3 Å². The van der Waals surface area contributed by atoms with Crippen molar-refractivity contribution in [2.45, 2.75) is 6.54 Å². The number of hydrogen-bond acceptors (Lipinski definition) is 5. The van der Waals surface area contributed by atoms with E-state index in [0.717, 1.165) is 37.6 Å². The maximum atomic E-state index is 12.4. The number of nitrogens with zero attached hydrogens (tertiary/aromatic N) is 3. The largest absolute Gasteiger partial charge is 0.355 e. The predicted octanol–water partition coefficient (Wildman–Crippen LogP) is 2.37. The minimum atomic E-state index is -0.258. The smallest absolute Gasteiger partial charge is 0.271 e. The number of benzene rings is 1. The second kappa shape index (κ2) is 7.39. The summed E-state index contributed by atoms with van der Waals surface area (Å²) in [6.45, 7) is 4.37. The van der Waals surface area contributed by atoms with Crippen LogP contribution in [0.25, 0.3) is 0 Å². The average Bonchev–Trinajstić information content (AvgIpc) is 3.24. The third-order valence-corrected chi connectivity index (χ3v) is 5.74. The van der Waals surface area contributed by atoms with Crippen LogP contribution in [0.15, 0.2) is 30.6 Å². The molecule has 2 aromatic rings. The topological polar surface area (TPSA) is 70.2 Å². The standard InChI is InChI=1S/C18H19Cl2N5O/c19-14-2-1-11(3-15(14)20)4-23-18(26)16-7-22-8-17(24-16)25-9-12-5-21-6-13(12)10-25/h1-3,7-8,12-13,21H,4-6,9-10H2,(H,23,26)/t12-,13+. The number of carbonyl (C=O) groups is 1. The monoisotopic (exact) mass is 391 g/mol. The van der Waals surface area contributed by atoms with E-state index in [0.29, 0.717) is 34.1 Å². The van der Waals surface area contributed by atoms with Gasteiger partial charge in [-0.15, -0.1) is 0 Å². The first-order valence-electron chi connectivity index (χ1n) is 8.60. The van der Waals surface area contributed by atoms with E-state index in [1.807, 2.05) is 6.07 Å². The van der Waals surface area contributed by atoms with E-state index in [-0.39, 0.29) is 5.91 Å². The zero-order valence-corrected chi connectivity index (χ0v) is 15.6. The van der Waals surface area contributed by atoms with E-state index in [4.69, 9.17) is 23.2 Å². The molecule has 1 aromatic heterocycles. The number of amides is 1. The molecule has 2 aliphatic heterocycles. The summed E-state index contributed by atoms with van der Waals surface area (Å²) >= 11 is 11.9. The van der Waals surface area contributed by atoms with Crippen LogP contribution in [0.1, 0.15) is 16.1 Å². The fraction of sp³-hybridized carbons (Fsp3) is 0.389. The van der Waals surface area contributed by atoms with Crippen LogP contribution < -0.4 is 15.5 Å². The van der Waals surface area contributed by atoms with Gasteiger partial charge in [-0.2, -0.15) is 0 Å². The van der Waals surface area contributed by atoms with Crippen LogP contribution in [0.3, 0.4) is 0 Å². The summed E-state index contributed by atoms with van der Waals surface area (Å²) in [7, 11) is 0. The molecule has 0 unspecified atom stereocenters. The highest BCUT2D eigenvalue weighted by Crippen LogP contribution is 2.29. The van der Waals surface area contributed by atoms with Crippen LogP contribution in [-0.2, 0) is 6.54 Å². The van der Waals surface area contributed by atoms with Crippen molar-refractivity contribution in [2.75, 3.05) is 31.1 Å². The summed E-state index contributed by atoms with van der Waals surface area (Å²) in [5.41, 5.74) is 1.19. The van der Waals surface area contributed by atoms with Crippen molar-refractivity contribution >= 4 is 34.9 Å². The lowest BCUT2D eigenvalue weighted by atomic mass is 10.0. The first-order valence-corrected chi connectivity index (χ1v) is 9.35. The van der Waals surface area contributed by atoms with E-state index in [9.17, 15) is 4.79 Å². The van der Waals surface area contributed by atoms with Crippen LogP contribution in [0, 0.1) is 11.8 Å². The Bertz CT molecular complexity index is 819. The van der Waals surface area contributed by atoms with Gasteiger partial charge in [0.15, 0.2) is 0 Å². The van der Waals surface area contributed by atoms with Crippen LogP contribution in [0.5, 0.6) is 0 Å². The molecule has 2 fully saturated rings. The second-order valence-electron chi connectivity index (χ2n) is 6.78. The van der Waals surface area contributed by atoms with Gasteiger partial charge in [0, 0.05) is 32.7 Å². The molecule has 0 aliphatic carbocycles. The van der Waals surface area contributed by atoms with E-state index in [2.05, 4.69) is 25.5 Å². The summed E-state index contributed by atoms with van der Waals surface area (Å²) in [4.78, 5) is 23.4. The number of rotatable bonds is 4. The Morgan fingerprint density at radius 3 is 2.69 bits per heavy atom. The second-order valence-corrected chi connectivity index (χ2v) is 7.59. The maximum absolute atomic E-state index is 12.4. The van der Waals surface area contributed by atoms with Gasteiger partial charge in [0.1, 0.15) is 11.5 Å². The molecule has 0 spiro atoms. The molecule has 8 heteroatoms. The predicted molar refractivity (Wildman–Crippen MR) is 102 cm³/mol. The molecule has 2 N–H and O–H groups in total. The number of carbonyl (C=O) groups excluding carboxylic acids is 1. The molecule has 2 saturated heterocycles. The van der Waals surface area contributed by atoms with Gasteiger partial charge in [0.2, 0.25) is 0 Å². The lowest BCUT2D eigenvalue weighted by molar-refractivity contribution is 0.0945. The molecule has 2 atom stereocenters. The summed E-state index contributed by atoms with van der Waals surface area (Å²) in [5, 5.41) is 7.23. The Balaban J connectivity index is 1.41. The van der Waals surface area contributed by atoms with Crippen molar-refractivity contribution in [1.82, 2.24) is 20.6 Å². The van der Waals surface area contributed by atoms with Gasteiger partial charge in [0.05, 0.1) is 22.4 Å². The molecule has 1 amide bonds. The molecule has 0 radical (unpaired) electrons. The molecular weight excluding hydrogens is 373 g/mol. The summed E-state index contributed by atoms with van der Waals surface area (Å²) in [6, 6.07) is 5.28. The minimum Gasteiger partial charge on any atom is -0.355 e. The van der Waals surface area contributed by atoms with Gasteiger partial charge >= 0.3 is 0 Å². The Labute approximate surface area is 161 Å². The fourth-order valence-corrected chi connectivity index (χ4v) is 3.90. The van der Waals surface area contributed by atoms with Gasteiger partial charge in [-0.3, -0.25) is 9.78 Å². The van der Waals surface area contributed by atoms with Crippen LogP contribution >= 0.6 is 23.2 Å². The zero-order valence-electron chi connectivity index (χ0n) is 14.1. The van der Waals surface area contributed by atoms with Crippen molar-refractivity contribution < 1.29 is 4.79 Å². The summed E-state index contributed by atoms with van der Waals surface area (Å²) < 4.78 is 0. The van der Waals surface area contributed by atoms with Crippen LogP contribution in [0.4, 0.5) is 5.82 Å². The van der Waals surface area contributed by atoms with Crippen LogP contribution in [0.2, 0.25) is 10.0 Å². The van der Waals surface area contributed by atoms with Gasteiger partial charge in [-0.25, -0.2) is 4.98 Å². The fourth-order valence-electron chi connectivity index (χ4n) is 3.58. The number of aromatic nitrogens is 2. The van der Waals surface area contributed by atoms with Crippen molar-refractivity contribution in [3.63, 3.8) is 0 Å². The average molecular weight is 392 g/mol. The molecule has 2 aliphatic rings. The summed E-state index contributed by atoms with van der Waals surface area (Å²) in [5.74, 6) is 1.82. The third kappa shape index (κ3) is 3.63. The van der Waals surface area contributed by atoms with Gasteiger partial charge < -0.3 is 15.5 Å². The zero-order chi connectivity index (χ0) is 18.1. The SMILES string of the molecule is O=C(NCc1ccc(Cl)c(Cl)c1)c1cncc(N2C[C@H]3CNC[C@H]3C2)n1. The van der Waals surface area contributed by atoms with E-state index >= 15 is 0 Å². The molecule has 6 nitrogen and oxygen atoms in total. The van der Waals surface area contributed by atoms with Crippen molar-refractivity contribution in [2.24, 2.45) is 11.8 Å². The van der Waals surface area contributed by atoms with Crippen LogP contribution in [-0.4, -0.2) is 42.1 Å². The van der Waals surface area contributed by atoms with Crippen molar-refractivity contribution in [1.29, 1.82) is 0 Å². The van der Waals surface area contributed by atoms with Crippen molar-refractivity contribution in [3.05, 3.63) is 51.9 Å². The highest BCUT2D eigenvalue weighted by Gasteiger charge is 2.36. The van der Waals surface area contributed by atoms with Crippen molar-refractivity contribution in [3.8, 4) is 0 Å². The molecule has 1 aromatic carbocycles. The summed E-state index contributed by atoms with van der Waals surface area (Å²) in [6.07, 6.45) is 3.22. The van der Waals surface area contributed by atoms with Gasteiger partial charge in [-0.05, 0) is 29.5 Å². The number of nitrogens with one attached hydrogen (secondary N) is 2. The maximum Gasteiger partial charge on any atom is 0.271 e. The molecule has 4 rings (SSSR count). The Hall–Kier alpha value is -1.89.